The molecule has 6 heteroatoms. The molecular formula is C10H23NO3S2. The molecule has 2 atom stereocenters. The standard InChI is InChI=1S/C10H23NO3S2/c1-4-6-11-10(5-2)9-15(12)7-8-16(3,13)14/h10-11H,4-9H2,1-3H3. The second kappa shape index (κ2) is 8.20. The fourth-order valence-electron chi connectivity index (χ4n) is 1.22. The molecule has 0 saturated carbocycles. The molecule has 0 aromatic carbocycles. The highest BCUT2D eigenvalue weighted by atomic mass is 32.2. The molecule has 4 nitrogen and oxygen atoms in total. The van der Waals surface area contributed by atoms with Gasteiger partial charge in [-0.15, -0.1) is 0 Å². The van der Waals surface area contributed by atoms with Gasteiger partial charge in [0.25, 0.3) is 0 Å². The average molecular weight is 269 g/mol. The van der Waals surface area contributed by atoms with Crippen molar-refractivity contribution in [3.63, 3.8) is 0 Å². The zero-order valence-electron chi connectivity index (χ0n) is 10.4. The predicted octanol–water partition coefficient (Wildman–Crippen LogP) is 0.558. The SMILES string of the molecule is CCCNC(CC)CS(=O)CCS(C)(=O)=O. The lowest BCUT2D eigenvalue weighted by Gasteiger charge is -2.15. The fraction of sp³-hybridized carbons (Fsp3) is 1.00. The van der Waals surface area contributed by atoms with E-state index in [4.69, 9.17) is 0 Å². The van der Waals surface area contributed by atoms with Gasteiger partial charge in [-0.25, -0.2) is 8.42 Å². The Labute approximate surface area is 102 Å². The van der Waals surface area contributed by atoms with Crippen molar-refractivity contribution in [2.75, 3.05) is 30.1 Å². The summed E-state index contributed by atoms with van der Waals surface area (Å²) in [4.78, 5) is 0. The van der Waals surface area contributed by atoms with Crippen LogP contribution in [0.15, 0.2) is 0 Å². The quantitative estimate of drug-likeness (QED) is 0.664. The molecule has 0 aliphatic carbocycles. The van der Waals surface area contributed by atoms with E-state index in [1.807, 2.05) is 6.92 Å². The Kier molecular flexibility index (Phi) is 8.23. The summed E-state index contributed by atoms with van der Waals surface area (Å²) in [6.07, 6.45) is 3.15. The van der Waals surface area contributed by atoms with Crippen molar-refractivity contribution in [1.82, 2.24) is 5.32 Å². The molecule has 98 valence electrons. The number of sulfone groups is 1. The van der Waals surface area contributed by atoms with Crippen molar-refractivity contribution >= 4 is 20.6 Å². The van der Waals surface area contributed by atoms with E-state index in [1.54, 1.807) is 0 Å². The third kappa shape index (κ3) is 9.30. The maximum Gasteiger partial charge on any atom is 0.148 e. The monoisotopic (exact) mass is 269 g/mol. The molecule has 0 saturated heterocycles. The Bertz CT molecular complexity index is 301. The van der Waals surface area contributed by atoms with Crippen molar-refractivity contribution in [2.24, 2.45) is 0 Å². The van der Waals surface area contributed by atoms with Crippen LogP contribution in [-0.4, -0.2) is 48.7 Å². The predicted molar refractivity (Wildman–Crippen MR) is 70.0 cm³/mol. The molecule has 0 aliphatic heterocycles. The van der Waals surface area contributed by atoms with Crippen molar-refractivity contribution in [2.45, 2.75) is 32.7 Å². The van der Waals surface area contributed by atoms with Gasteiger partial charge in [0.1, 0.15) is 9.84 Å². The minimum atomic E-state index is -2.99. The smallest absolute Gasteiger partial charge is 0.148 e. The molecule has 0 amide bonds. The molecule has 0 fully saturated rings. The van der Waals surface area contributed by atoms with Gasteiger partial charge in [0.15, 0.2) is 0 Å². The number of rotatable bonds is 9. The van der Waals surface area contributed by atoms with Gasteiger partial charge in [-0.1, -0.05) is 13.8 Å². The van der Waals surface area contributed by atoms with Crippen molar-refractivity contribution < 1.29 is 12.6 Å². The van der Waals surface area contributed by atoms with Gasteiger partial charge < -0.3 is 5.32 Å². The molecule has 0 spiro atoms. The highest BCUT2D eigenvalue weighted by Gasteiger charge is 2.12. The fourth-order valence-corrected chi connectivity index (χ4v) is 4.15. The normalized spacial score (nSPS) is 15.9. The van der Waals surface area contributed by atoms with E-state index in [9.17, 15) is 12.6 Å². The van der Waals surface area contributed by atoms with Crippen LogP contribution < -0.4 is 5.32 Å². The van der Waals surface area contributed by atoms with Gasteiger partial charge in [-0.3, -0.25) is 4.21 Å². The molecule has 0 aromatic heterocycles. The largest absolute Gasteiger partial charge is 0.313 e. The van der Waals surface area contributed by atoms with Gasteiger partial charge in [-0.05, 0) is 19.4 Å². The van der Waals surface area contributed by atoms with Crippen LogP contribution in [-0.2, 0) is 20.6 Å². The molecule has 0 aromatic rings. The zero-order valence-corrected chi connectivity index (χ0v) is 12.0. The molecule has 0 heterocycles. The van der Waals surface area contributed by atoms with Gasteiger partial charge in [0.05, 0.1) is 5.75 Å². The third-order valence-electron chi connectivity index (χ3n) is 2.24. The summed E-state index contributed by atoms with van der Waals surface area (Å²) < 4.78 is 33.5. The number of nitrogens with one attached hydrogen (secondary N) is 1. The van der Waals surface area contributed by atoms with Gasteiger partial charge in [-0.2, -0.15) is 0 Å². The summed E-state index contributed by atoms with van der Waals surface area (Å²) in [5.74, 6) is 0.818. The first-order valence-corrected chi connectivity index (χ1v) is 9.20. The lowest BCUT2D eigenvalue weighted by Crippen LogP contribution is -2.35. The topological polar surface area (TPSA) is 63.2 Å². The summed E-state index contributed by atoms with van der Waals surface area (Å²) in [5, 5.41) is 3.30. The summed E-state index contributed by atoms with van der Waals surface area (Å²) in [5.41, 5.74) is 0. The summed E-state index contributed by atoms with van der Waals surface area (Å²) in [7, 11) is -4.03. The maximum atomic E-state index is 11.6. The Morgan fingerprint density at radius 2 is 1.94 bits per heavy atom. The number of hydrogen-bond acceptors (Lipinski definition) is 4. The molecule has 0 bridgehead atoms. The zero-order chi connectivity index (χ0) is 12.6. The first-order valence-electron chi connectivity index (χ1n) is 5.65. The van der Waals surface area contributed by atoms with Crippen LogP contribution in [0.25, 0.3) is 0 Å². The minimum absolute atomic E-state index is 0.0177. The molecule has 1 N–H and O–H groups in total. The highest BCUT2D eigenvalue weighted by Crippen LogP contribution is 1.97. The molecular weight excluding hydrogens is 246 g/mol. The van der Waals surface area contributed by atoms with Gasteiger partial charge in [0, 0.05) is 34.6 Å². The third-order valence-corrected chi connectivity index (χ3v) is 4.88. The molecule has 0 aliphatic rings. The van der Waals surface area contributed by atoms with Crippen LogP contribution in [0.3, 0.4) is 0 Å². The number of hydrogen-bond donors (Lipinski definition) is 1. The highest BCUT2D eigenvalue weighted by molar-refractivity contribution is 7.92. The maximum absolute atomic E-state index is 11.6. The first kappa shape index (κ1) is 16.1. The second-order valence-corrected chi connectivity index (χ2v) is 7.88. The van der Waals surface area contributed by atoms with Crippen molar-refractivity contribution in [1.29, 1.82) is 0 Å². The van der Waals surface area contributed by atoms with Crippen LogP contribution >= 0.6 is 0 Å². The lowest BCUT2D eigenvalue weighted by atomic mass is 10.2. The Morgan fingerprint density at radius 1 is 1.31 bits per heavy atom. The lowest BCUT2D eigenvalue weighted by molar-refractivity contribution is 0.534. The van der Waals surface area contributed by atoms with Crippen molar-refractivity contribution in [3.05, 3.63) is 0 Å². The van der Waals surface area contributed by atoms with Crippen molar-refractivity contribution in [3.8, 4) is 0 Å². The van der Waals surface area contributed by atoms with E-state index >= 15 is 0 Å². The summed E-state index contributed by atoms with van der Waals surface area (Å²) >= 11 is 0. The van der Waals surface area contributed by atoms with Crippen LogP contribution in [0, 0.1) is 0 Å². The molecule has 16 heavy (non-hydrogen) atoms. The van der Waals surface area contributed by atoms with E-state index in [0.29, 0.717) is 5.75 Å². The Hall–Kier alpha value is 0.0600. The van der Waals surface area contributed by atoms with Crippen LogP contribution in [0.4, 0.5) is 0 Å². The van der Waals surface area contributed by atoms with E-state index in [1.165, 1.54) is 6.26 Å². The summed E-state index contributed by atoms with van der Waals surface area (Å²) in [6.45, 7) is 5.04. The van der Waals surface area contributed by atoms with Gasteiger partial charge in [0.2, 0.25) is 0 Å². The van der Waals surface area contributed by atoms with Crippen LogP contribution in [0.1, 0.15) is 26.7 Å². The molecule has 2 unspecified atom stereocenters. The minimum Gasteiger partial charge on any atom is -0.313 e. The van der Waals surface area contributed by atoms with E-state index in [2.05, 4.69) is 12.2 Å². The van der Waals surface area contributed by atoms with E-state index in [-0.39, 0.29) is 17.5 Å². The van der Waals surface area contributed by atoms with E-state index in [0.717, 1.165) is 19.4 Å². The Morgan fingerprint density at radius 3 is 2.38 bits per heavy atom. The second-order valence-electron chi connectivity index (χ2n) is 4.00. The molecule has 0 rings (SSSR count). The van der Waals surface area contributed by atoms with Gasteiger partial charge >= 0.3 is 0 Å². The molecule has 0 radical (unpaired) electrons. The van der Waals surface area contributed by atoms with Crippen LogP contribution in [0.5, 0.6) is 0 Å². The van der Waals surface area contributed by atoms with Crippen LogP contribution in [0.2, 0.25) is 0 Å². The average Bonchev–Trinajstić information content (AvgIpc) is 2.20. The van der Waals surface area contributed by atoms with E-state index < -0.39 is 20.6 Å². The summed E-state index contributed by atoms with van der Waals surface area (Å²) in [6, 6.07) is 0.236. The Balaban J connectivity index is 3.91. The first-order chi connectivity index (χ1) is 7.39.